The smallest absolute Gasteiger partial charge is 0.220 e. The van der Waals surface area contributed by atoms with E-state index < -0.39 is 17.1 Å². The second kappa shape index (κ2) is 12.7. The highest BCUT2D eigenvalue weighted by atomic mass is 16.3. The molecular formula is C35H52N2O4. The molecule has 4 N–H and O–H groups in total. The second-order valence-corrected chi connectivity index (χ2v) is 14.1. The molecule has 226 valence electrons. The molecule has 1 aliphatic heterocycles. The van der Waals surface area contributed by atoms with Gasteiger partial charge in [-0.05, 0) is 114 Å². The summed E-state index contributed by atoms with van der Waals surface area (Å²) in [5.41, 5.74) is 8.56. The maximum atomic E-state index is 14.1. The molecule has 6 nitrogen and oxygen atoms in total. The van der Waals surface area contributed by atoms with Crippen molar-refractivity contribution in [3.8, 4) is 0 Å². The number of primary amides is 1. The van der Waals surface area contributed by atoms with E-state index in [1.165, 1.54) is 12.0 Å². The minimum atomic E-state index is -0.893. The van der Waals surface area contributed by atoms with Crippen LogP contribution in [0.1, 0.15) is 125 Å². The molecule has 1 amide bonds. The molecule has 6 heteroatoms. The number of likely N-dealkylation sites (tertiary alicyclic amines) is 1. The zero-order valence-electron chi connectivity index (χ0n) is 25.4. The number of Topliss-reactive ketones (excluding diaryl/α,β-unsaturated/α-hetero) is 1. The van der Waals surface area contributed by atoms with Crippen LogP contribution in [0.15, 0.2) is 29.8 Å². The van der Waals surface area contributed by atoms with Crippen molar-refractivity contribution in [1.82, 2.24) is 4.90 Å². The number of rotatable bonds is 5. The number of nitrogens with zero attached hydrogens (tertiary/aromatic N) is 1. The highest BCUT2D eigenvalue weighted by molar-refractivity contribution is 5.99. The number of aliphatic hydroxyl groups excluding tert-OH is 1. The van der Waals surface area contributed by atoms with Gasteiger partial charge in [-0.15, -0.1) is 0 Å². The zero-order valence-corrected chi connectivity index (χ0v) is 25.4. The summed E-state index contributed by atoms with van der Waals surface area (Å²) in [6.07, 6.45) is 14.1. The summed E-state index contributed by atoms with van der Waals surface area (Å²) in [6.45, 7) is 6.56. The molecule has 0 spiro atoms. The highest BCUT2D eigenvalue weighted by Gasteiger charge is 2.57. The molecule has 4 aliphatic carbocycles. The fraction of sp³-hybridized carbons (Fsp3) is 0.714. The first-order valence-electron chi connectivity index (χ1n) is 16.3. The van der Waals surface area contributed by atoms with E-state index in [4.69, 9.17) is 5.73 Å². The Morgan fingerprint density at radius 1 is 1.00 bits per heavy atom. The number of hydrogen-bond acceptors (Lipinski definition) is 5. The van der Waals surface area contributed by atoms with Crippen LogP contribution in [0, 0.1) is 17.3 Å². The van der Waals surface area contributed by atoms with Crippen LogP contribution >= 0.6 is 0 Å². The standard InChI is InChI=1S/C35H52N2O4/c1-24-7-6-17-34(2)31(14-18-35(34,41)23-37-19-15-27(16-20-37)33(36)40)29-13-11-25(21-28(38)12-10-24)22-30(29)32(39)26-8-4-3-5-9-26/h7,11,13,22,26-28,31,38,41H,3-6,8-10,12,14-21,23H2,1-2H3,(H2,36,40). The molecule has 2 bridgehead atoms. The second-order valence-electron chi connectivity index (χ2n) is 14.1. The van der Waals surface area contributed by atoms with Gasteiger partial charge in [0.15, 0.2) is 5.78 Å². The van der Waals surface area contributed by atoms with Gasteiger partial charge in [-0.1, -0.05) is 50.0 Å². The van der Waals surface area contributed by atoms with Crippen molar-refractivity contribution in [2.75, 3.05) is 19.6 Å². The van der Waals surface area contributed by atoms with Gasteiger partial charge in [0.2, 0.25) is 5.91 Å². The predicted molar refractivity (Wildman–Crippen MR) is 163 cm³/mol. The van der Waals surface area contributed by atoms with Gasteiger partial charge >= 0.3 is 0 Å². The molecule has 41 heavy (non-hydrogen) atoms. The lowest BCUT2D eigenvalue weighted by molar-refractivity contribution is -0.124. The fourth-order valence-electron chi connectivity index (χ4n) is 8.54. The van der Waals surface area contributed by atoms with Crippen molar-refractivity contribution < 1.29 is 19.8 Å². The van der Waals surface area contributed by atoms with Gasteiger partial charge in [-0.2, -0.15) is 0 Å². The molecule has 1 saturated heterocycles. The Bertz CT molecular complexity index is 1130. The van der Waals surface area contributed by atoms with E-state index in [9.17, 15) is 19.8 Å². The van der Waals surface area contributed by atoms with Gasteiger partial charge in [0, 0.05) is 29.4 Å². The number of carbonyl (C=O) groups excluding carboxylic acids is 2. The molecule has 1 aromatic rings. The number of aliphatic hydroxyl groups is 2. The SMILES string of the molecule is CC1=CCCC2(C)C(CCC2(O)CN2CCC(C(N)=O)CC2)c2ccc(cc2C(=O)C2CCCCC2)CC(O)CC1. The maximum Gasteiger partial charge on any atom is 0.220 e. The summed E-state index contributed by atoms with van der Waals surface area (Å²) >= 11 is 0. The Morgan fingerprint density at radius 2 is 1.73 bits per heavy atom. The van der Waals surface area contributed by atoms with Crippen LogP contribution in [0.25, 0.3) is 0 Å². The molecule has 0 radical (unpaired) electrons. The van der Waals surface area contributed by atoms with Crippen molar-refractivity contribution in [1.29, 1.82) is 0 Å². The van der Waals surface area contributed by atoms with E-state index >= 15 is 0 Å². The molecule has 3 fully saturated rings. The highest BCUT2D eigenvalue weighted by Crippen LogP contribution is 2.59. The monoisotopic (exact) mass is 564 g/mol. The lowest BCUT2D eigenvalue weighted by Gasteiger charge is -2.47. The van der Waals surface area contributed by atoms with E-state index in [0.717, 1.165) is 94.0 Å². The molecular weight excluding hydrogens is 512 g/mol. The lowest BCUT2D eigenvalue weighted by Crippen LogP contribution is -2.54. The Hall–Kier alpha value is -2.02. The van der Waals surface area contributed by atoms with E-state index in [-0.39, 0.29) is 29.4 Å². The number of benzene rings is 1. The first-order valence-corrected chi connectivity index (χ1v) is 16.3. The topological polar surface area (TPSA) is 104 Å². The quantitative estimate of drug-likeness (QED) is 0.315. The minimum absolute atomic E-state index is 0.0688. The number of hydrogen-bond donors (Lipinski definition) is 3. The Labute approximate surface area is 246 Å². The van der Waals surface area contributed by atoms with Crippen LogP contribution in [-0.4, -0.2) is 58.1 Å². The van der Waals surface area contributed by atoms with Crippen LogP contribution in [0.4, 0.5) is 0 Å². The Morgan fingerprint density at radius 3 is 2.44 bits per heavy atom. The number of β-amino-alcohol motifs (C(OH)–C–C–N with tert-alkyl or cyclic N) is 1. The largest absolute Gasteiger partial charge is 0.393 e. The number of fused-ring (bicyclic) bond motifs is 8. The van der Waals surface area contributed by atoms with Crippen LogP contribution in [-0.2, 0) is 11.2 Å². The number of piperidine rings is 1. The summed E-state index contributed by atoms with van der Waals surface area (Å²) in [5, 5.41) is 23.4. The van der Waals surface area contributed by atoms with Gasteiger partial charge < -0.3 is 20.8 Å². The fourth-order valence-corrected chi connectivity index (χ4v) is 8.54. The van der Waals surface area contributed by atoms with Crippen LogP contribution < -0.4 is 5.73 Å². The molecule has 5 aliphatic rings. The molecule has 4 atom stereocenters. The zero-order chi connectivity index (χ0) is 29.2. The average molecular weight is 565 g/mol. The van der Waals surface area contributed by atoms with Crippen LogP contribution in [0.5, 0.6) is 0 Å². The van der Waals surface area contributed by atoms with E-state index in [0.29, 0.717) is 25.8 Å². The van der Waals surface area contributed by atoms with Crippen LogP contribution in [0.3, 0.4) is 0 Å². The number of nitrogens with two attached hydrogens (primary N) is 1. The predicted octanol–water partition coefficient (Wildman–Crippen LogP) is 5.69. The molecule has 1 heterocycles. The third-order valence-corrected chi connectivity index (χ3v) is 11.4. The van der Waals surface area contributed by atoms with Crippen molar-refractivity contribution >= 4 is 11.7 Å². The van der Waals surface area contributed by atoms with Crippen molar-refractivity contribution in [3.05, 3.63) is 46.5 Å². The maximum absolute atomic E-state index is 14.1. The molecule has 6 rings (SSSR count). The summed E-state index contributed by atoms with van der Waals surface area (Å²) in [4.78, 5) is 28.2. The molecule has 0 aromatic heterocycles. The van der Waals surface area contributed by atoms with Gasteiger partial charge in [0.05, 0.1) is 11.7 Å². The van der Waals surface area contributed by atoms with Crippen molar-refractivity contribution in [3.63, 3.8) is 0 Å². The van der Waals surface area contributed by atoms with E-state index in [1.807, 2.05) is 0 Å². The van der Waals surface area contributed by atoms with E-state index in [1.54, 1.807) is 0 Å². The molecule has 2 saturated carbocycles. The van der Waals surface area contributed by atoms with Gasteiger partial charge in [-0.3, -0.25) is 9.59 Å². The third-order valence-electron chi connectivity index (χ3n) is 11.4. The Balaban J connectivity index is 1.51. The van der Waals surface area contributed by atoms with Gasteiger partial charge in [0.25, 0.3) is 0 Å². The first kappa shape index (κ1) is 30.4. The summed E-state index contributed by atoms with van der Waals surface area (Å²) < 4.78 is 0. The summed E-state index contributed by atoms with van der Waals surface area (Å²) in [7, 11) is 0. The number of amides is 1. The summed E-state index contributed by atoms with van der Waals surface area (Å²) in [6, 6.07) is 6.38. The normalized spacial score (nSPS) is 32.7. The van der Waals surface area contributed by atoms with E-state index in [2.05, 4.69) is 43.0 Å². The van der Waals surface area contributed by atoms with Gasteiger partial charge in [0.1, 0.15) is 0 Å². The average Bonchev–Trinajstić information content (AvgIpc) is 3.21. The molecule has 4 unspecified atom stereocenters. The number of allylic oxidation sites excluding steroid dienone is 2. The first-order chi connectivity index (χ1) is 19.6. The van der Waals surface area contributed by atoms with Crippen molar-refractivity contribution in [2.45, 2.75) is 121 Å². The Kier molecular flexibility index (Phi) is 9.42. The number of carbonyl (C=O) groups is 2. The van der Waals surface area contributed by atoms with Crippen LogP contribution in [0.2, 0.25) is 0 Å². The molecule has 1 aromatic carbocycles. The third kappa shape index (κ3) is 6.50. The van der Waals surface area contributed by atoms with Gasteiger partial charge in [-0.25, -0.2) is 0 Å². The number of ketones is 1. The lowest BCUT2D eigenvalue weighted by atomic mass is 9.64. The van der Waals surface area contributed by atoms with Crippen molar-refractivity contribution in [2.24, 2.45) is 23.0 Å². The summed E-state index contributed by atoms with van der Waals surface area (Å²) in [5.74, 6) is 0.139. The minimum Gasteiger partial charge on any atom is -0.393 e.